The van der Waals surface area contributed by atoms with E-state index in [2.05, 4.69) is 37.4 Å². The Labute approximate surface area is 146 Å². The number of hydrogen-bond donors (Lipinski definition) is 3. The number of rotatable bonds is 8. The Morgan fingerprint density at radius 1 is 1.32 bits per heavy atom. The Morgan fingerprint density at radius 2 is 2.16 bits per heavy atom. The van der Waals surface area contributed by atoms with Crippen molar-refractivity contribution in [3.63, 3.8) is 0 Å². The van der Waals surface area contributed by atoms with Gasteiger partial charge in [-0.1, -0.05) is 0 Å². The highest BCUT2D eigenvalue weighted by atomic mass is 16.5. The number of nitrogens with zero attached hydrogens (tertiary/aromatic N) is 4. The van der Waals surface area contributed by atoms with Crippen molar-refractivity contribution in [2.45, 2.75) is 25.4 Å². The molecule has 0 aliphatic carbocycles. The summed E-state index contributed by atoms with van der Waals surface area (Å²) in [6, 6.07) is 1.73. The molecule has 9 nitrogen and oxygen atoms in total. The SMILES string of the molecule is CN1CCC(Oc2cncc(Nc3cc(OCCCO)n[nH]3)n2)CC1. The van der Waals surface area contributed by atoms with E-state index in [4.69, 9.17) is 14.6 Å². The third kappa shape index (κ3) is 5.30. The van der Waals surface area contributed by atoms with Gasteiger partial charge < -0.3 is 24.8 Å². The van der Waals surface area contributed by atoms with Gasteiger partial charge in [-0.15, -0.1) is 5.10 Å². The van der Waals surface area contributed by atoms with Gasteiger partial charge in [-0.25, -0.2) is 0 Å². The van der Waals surface area contributed by atoms with Crippen molar-refractivity contribution < 1.29 is 14.6 Å². The van der Waals surface area contributed by atoms with Crippen molar-refractivity contribution in [2.24, 2.45) is 0 Å². The molecule has 136 valence electrons. The highest BCUT2D eigenvalue weighted by Gasteiger charge is 2.18. The lowest BCUT2D eigenvalue weighted by Crippen LogP contribution is -2.35. The average Bonchev–Trinajstić information content (AvgIpc) is 3.05. The van der Waals surface area contributed by atoms with Gasteiger partial charge >= 0.3 is 0 Å². The van der Waals surface area contributed by atoms with Gasteiger partial charge in [0.1, 0.15) is 11.9 Å². The molecule has 1 saturated heterocycles. The second kappa shape index (κ2) is 8.63. The van der Waals surface area contributed by atoms with E-state index in [0.29, 0.717) is 36.4 Å². The first kappa shape index (κ1) is 17.4. The van der Waals surface area contributed by atoms with Crippen LogP contribution in [0.15, 0.2) is 18.5 Å². The maximum Gasteiger partial charge on any atom is 0.234 e. The van der Waals surface area contributed by atoms with Gasteiger partial charge in [-0.05, 0) is 19.9 Å². The van der Waals surface area contributed by atoms with Gasteiger partial charge in [0.25, 0.3) is 0 Å². The molecule has 0 bridgehead atoms. The number of anilines is 2. The van der Waals surface area contributed by atoms with Crippen molar-refractivity contribution in [2.75, 3.05) is 38.7 Å². The maximum atomic E-state index is 8.75. The number of aromatic nitrogens is 4. The topological polar surface area (TPSA) is 108 Å². The summed E-state index contributed by atoms with van der Waals surface area (Å²) in [7, 11) is 2.12. The van der Waals surface area contributed by atoms with Crippen molar-refractivity contribution in [1.29, 1.82) is 0 Å². The number of aliphatic hydroxyl groups is 1. The molecule has 9 heteroatoms. The second-order valence-electron chi connectivity index (χ2n) is 6.03. The highest BCUT2D eigenvalue weighted by molar-refractivity contribution is 5.51. The molecular formula is C16H24N6O3. The van der Waals surface area contributed by atoms with E-state index in [9.17, 15) is 0 Å². The zero-order valence-electron chi connectivity index (χ0n) is 14.3. The number of ether oxygens (including phenoxy) is 2. The third-order valence-electron chi connectivity index (χ3n) is 3.93. The minimum Gasteiger partial charge on any atom is -0.476 e. The van der Waals surface area contributed by atoms with Crippen LogP contribution in [0.5, 0.6) is 11.8 Å². The summed E-state index contributed by atoms with van der Waals surface area (Å²) in [6.07, 6.45) is 5.97. The molecule has 0 radical (unpaired) electrons. The Kier molecular flexibility index (Phi) is 6.02. The Morgan fingerprint density at radius 3 is 2.96 bits per heavy atom. The molecule has 25 heavy (non-hydrogen) atoms. The number of piperidine rings is 1. The molecular weight excluding hydrogens is 324 g/mol. The summed E-state index contributed by atoms with van der Waals surface area (Å²) in [5.74, 6) is 2.18. The fraction of sp³-hybridized carbons (Fsp3) is 0.562. The third-order valence-corrected chi connectivity index (χ3v) is 3.93. The van der Waals surface area contributed by atoms with Crippen LogP contribution >= 0.6 is 0 Å². The Bertz CT molecular complexity index is 657. The summed E-state index contributed by atoms with van der Waals surface area (Å²) in [6.45, 7) is 2.57. The molecule has 0 spiro atoms. The average molecular weight is 348 g/mol. The number of likely N-dealkylation sites (tertiary alicyclic amines) is 1. The van der Waals surface area contributed by atoms with E-state index in [-0.39, 0.29) is 12.7 Å². The summed E-state index contributed by atoms with van der Waals surface area (Å²) in [5.41, 5.74) is 0. The predicted molar refractivity (Wildman–Crippen MR) is 92.2 cm³/mol. The van der Waals surface area contributed by atoms with Crippen molar-refractivity contribution >= 4 is 11.6 Å². The first-order valence-corrected chi connectivity index (χ1v) is 8.46. The Hall–Kier alpha value is -2.39. The molecule has 3 rings (SSSR count). The molecule has 2 aromatic heterocycles. The maximum absolute atomic E-state index is 8.75. The van der Waals surface area contributed by atoms with Crippen molar-refractivity contribution in [3.8, 4) is 11.8 Å². The van der Waals surface area contributed by atoms with Crippen LogP contribution in [0, 0.1) is 0 Å². The minimum atomic E-state index is 0.0925. The van der Waals surface area contributed by atoms with Crippen LogP contribution in [-0.4, -0.2) is 69.6 Å². The predicted octanol–water partition coefficient (Wildman–Crippen LogP) is 1.18. The normalized spacial score (nSPS) is 15.9. The fourth-order valence-electron chi connectivity index (χ4n) is 2.56. The largest absolute Gasteiger partial charge is 0.476 e. The summed E-state index contributed by atoms with van der Waals surface area (Å²) in [4.78, 5) is 10.9. The summed E-state index contributed by atoms with van der Waals surface area (Å²) < 4.78 is 11.3. The van der Waals surface area contributed by atoms with Gasteiger partial charge in [0.15, 0.2) is 5.82 Å². The smallest absolute Gasteiger partial charge is 0.234 e. The zero-order chi connectivity index (χ0) is 17.5. The van der Waals surface area contributed by atoms with E-state index < -0.39 is 0 Å². The second-order valence-corrected chi connectivity index (χ2v) is 6.03. The molecule has 0 atom stereocenters. The van der Waals surface area contributed by atoms with E-state index >= 15 is 0 Å². The number of aliphatic hydroxyl groups excluding tert-OH is 1. The molecule has 3 N–H and O–H groups in total. The number of hydrogen-bond acceptors (Lipinski definition) is 8. The summed E-state index contributed by atoms with van der Waals surface area (Å²) in [5, 5.41) is 18.7. The Balaban J connectivity index is 1.54. The van der Waals surface area contributed by atoms with Crippen LogP contribution in [0.3, 0.4) is 0 Å². The van der Waals surface area contributed by atoms with Crippen LogP contribution in [-0.2, 0) is 0 Å². The number of H-pyrrole nitrogens is 1. The molecule has 0 amide bonds. The van der Waals surface area contributed by atoms with Gasteiger partial charge in [0.2, 0.25) is 11.8 Å². The van der Waals surface area contributed by atoms with Crippen molar-refractivity contribution in [1.82, 2.24) is 25.1 Å². The number of nitrogens with one attached hydrogen (secondary N) is 2. The molecule has 0 unspecified atom stereocenters. The van der Waals surface area contributed by atoms with Crippen LogP contribution in [0.4, 0.5) is 11.6 Å². The lowest BCUT2D eigenvalue weighted by molar-refractivity contribution is 0.110. The lowest BCUT2D eigenvalue weighted by atomic mass is 10.1. The lowest BCUT2D eigenvalue weighted by Gasteiger charge is -2.28. The molecule has 0 aromatic carbocycles. The minimum absolute atomic E-state index is 0.0925. The number of aromatic amines is 1. The molecule has 1 aliphatic rings. The van der Waals surface area contributed by atoms with Crippen molar-refractivity contribution in [3.05, 3.63) is 18.5 Å². The van der Waals surface area contributed by atoms with Gasteiger partial charge in [-0.2, -0.15) is 4.98 Å². The van der Waals surface area contributed by atoms with Gasteiger partial charge in [0.05, 0.1) is 19.0 Å². The molecule has 1 fully saturated rings. The fourth-order valence-corrected chi connectivity index (χ4v) is 2.56. The monoisotopic (exact) mass is 348 g/mol. The highest BCUT2D eigenvalue weighted by Crippen LogP contribution is 2.20. The summed E-state index contributed by atoms with van der Waals surface area (Å²) >= 11 is 0. The van der Waals surface area contributed by atoms with Crippen LogP contribution in [0.25, 0.3) is 0 Å². The first-order valence-electron chi connectivity index (χ1n) is 8.46. The zero-order valence-corrected chi connectivity index (χ0v) is 14.3. The quantitative estimate of drug-likeness (QED) is 0.610. The van der Waals surface area contributed by atoms with E-state index in [1.807, 2.05) is 0 Å². The molecule has 2 aromatic rings. The van der Waals surface area contributed by atoms with E-state index in [1.54, 1.807) is 18.5 Å². The molecule has 1 aliphatic heterocycles. The molecule has 3 heterocycles. The van der Waals surface area contributed by atoms with Gasteiger partial charge in [0, 0.05) is 32.2 Å². The van der Waals surface area contributed by atoms with E-state index in [1.165, 1.54) is 0 Å². The van der Waals surface area contributed by atoms with E-state index in [0.717, 1.165) is 25.9 Å². The molecule has 0 saturated carbocycles. The van der Waals surface area contributed by atoms with Crippen LogP contribution in [0.2, 0.25) is 0 Å². The van der Waals surface area contributed by atoms with Crippen LogP contribution in [0.1, 0.15) is 19.3 Å². The standard InChI is InChI=1S/C16H24N6O3/c1-22-5-3-12(4-6-22)25-16-11-17-10-14(19-16)18-13-9-15(21-20-13)24-8-2-7-23/h9-12,23H,2-8H2,1H3,(H2,18,19,20,21). The first-order chi connectivity index (χ1) is 12.2. The van der Waals surface area contributed by atoms with Gasteiger partial charge in [-0.3, -0.25) is 10.1 Å². The van der Waals surface area contributed by atoms with Crippen LogP contribution < -0.4 is 14.8 Å².